The summed E-state index contributed by atoms with van der Waals surface area (Å²) in [5.41, 5.74) is 2.06. The number of aromatic amines is 1. The van der Waals surface area contributed by atoms with Gasteiger partial charge in [-0.05, 0) is 43.5 Å². The number of hydrogen-bond acceptors (Lipinski definition) is 6. The summed E-state index contributed by atoms with van der Waals surface area (Å²) >= 11 is 0. The molecule has 8 nitrogen and oxygen atoms in total. The van der Waals surface area contributed by atoms with Crippen LogP contribution < -0.4 is 15.8 Å². The summed E-state index contributed by atoms with van der Waals surface area (Å²) in [7, 11) is 0. The lowest BCUT2D eigenvalue weighted by Crippen LogP contribution is -2.21. The number of hydrogen-bond donors (Lipinski definition) is 2. The maximum atomic E-state index is 12.5. The van der Waals surface area contributed by atoms with E-state index in [2.05, 4.69) is 30.4 Å². The lowest BCUT2D eigenvalue weighted by molar-refractivity contribution is 0.102. The maximum Gasteiger partial charge on any atom is 0.276 e. The quantitative estimate of drug-likeness (QED) is 0.694. The van der Waals surface area contributed by atoms with Gasteiger partial charge in [0.2, 0.25) is 0 Å². The number of amides is 1. The predicted molar refractivity (Wildman–Crippen MR) is 111 cm³/mol. The molecule has 0 unspecified atom stereocenters. The number of nitrogens with zero attached hydrogens (tertiary/aromatic N) is 4. The predicted octanol–water partition coefficient (Wildman–Crippen LogP) is 2.64. The third-order valence-corrected chi connectivity index (χ3v) is 4.86. The van der Waals surface area contributed by atoms with Crippen molar-refractivity contribution in [2.45, 2.75) is 26.2 Å². The fraction of sp³-hybridized carbons (Fsp3) is 0.286. The second-order valence-corrected chi connectivity index (χ2v) is 6.94. The number of rotatable bonds is 5. The number of anilines is 2. The normalized spacial score (nSPS) is 13.5. The fourth-order valence-electron chi connectivity index (χ4n) is 3.33. The van der Waals surface area contributed by atoms with Crippen LogP contribution in [0.3, 0.4) is 0 Å². The van der Waals surface area contributed by atoms with Crippen LogP contribution in [0.15, 0.2) is 47.3 Å². The number of aryl methyl sites for hydroxylation is 1. The average molecular weight is 390 g/mol. The van der Waals surface area contributed by atoms with Crippen molar-refractivity contribution in [3.05, 3.63) is 64.2 Å². The number of H-pyrrole nitrogens is 1. The van der Waals surface area contributed by atoms with E-state index in [0.717, 1.165) is 31.7 Å². The molecule has 2 aromatic heterocycles. The zero-order valence-corrected chi connectivity index (χ0v) is 16.2. The molecular weight excluding hydrogens is 368 g/mol. The Kier molecular flexibility index (Phi) is 5.33. The highest BCUT2D eigenvalue weighted by atomic mass is 16.2. The first-order valence-electron chi connectivity index (χ1n) is 9.73. The molecule has 1 saturated heterocycles. The molecular formula is C21H22N6O2. The van der Waals surface area contributed by atoms with Gasteiger partial charge in [0.25, 0.3) is 11.5 Å². The molecule has 8 heteroatoms. The molecule has 0 spiro atoms. The van der Waals surface area contributed by atoms with Crippen LogP contribution in [0, 0.1) is 0 Å². The summed E-state index contributed by atoms with van der Waals surface area (Å²) in [4.78, 5) is 33.7. The van der Waals surface area contributed by atoms with Gasteiger partial charge < -0.3 is 15.2 Å². The van der Waals surface area contributed by atoms with E-state index in [1.54, 1.807) is 24.3 Å². The Hall–Kier alpha value is -3.55. The fourth-order valence-corrected chi connectivity index (χ4v) is 3.33. The molecule has 1 fully saturated rings. The molecule has 4 rings (SSSR count). The highest BCUT2D eigenvalue weighted by Crippen LogP contribution is 2.20. The summed E-state index contributed by atoms with van der Waals surface area (Å²) in [5, 5.41) is 11.1. The monoisotopic (exact) mass is 390 g/mol. The van der Waals surface area contributed by atoms with Gasteiger partial charge in [0.15, 0.2) is 11.5 Å². The van der Waals surface area contributed by atoms with Crippen molar-refractivity contribution < 1.29 is 4.79 Å². The largest absolute Gasteiger partial charge is 0.355 e. The van der Waals surface area contributed by atoms with E-state index in [-0.39, 0.29) is 17.2 Å². The number of aromatic nitrogens is 4. The highest BCUT2D eigenvalue weighted by Gasteiger charge is 2.15. The molecule has 29 heavy (non-hydrogen) atoms. The molecule has 148 valence electrons. The van der Waals surface area contributed by atoms with E-state index in [1.165, 1.54) is 6.07 Å². The minimum atomic E-state index is -0.341. The zero-order valence-electron chi connectivity index (χ0n) is 16.2. The third kappa shape index (κ3) is 4.31. The summed E-state index contributed by atoms with van der Waals surface area (Å²) in [6, 6.07) is 12.2. The van der Waals surface area contributed by atoms with E-state index in [1.807, 2.05) is 19.1 Å². The lowest BCUT2D eigenvalue weighted by atomic mass is 10.1. The van der Waals surface area contributed by atoms with Crippen LogP contribution in [0.2, 0.25) is 0 Å². The van der Waals surface area contributed by atoms with E-state index in [0.29, 0.717) is 29.2 Å². The van der Waals surface area contributed by atoms with Crippen LogP contribution in [-0.2, 0) is 6.42 Å². The minimum Gasteiger partial charge on any atom is -0.355 e. The van der Waals surface area contributed by atoms with Crippen LogP contribution >= 0.6 is 0 Å². The average Bonchev–Trinajstić information content (AvgIpc) is 3.28. The Bertz CT molecular complexity index is 1070. The molecule has 1 aromatic carbocycles. The van der Waals surface area contributed by atoms with Gasteiger partial charge in [0.05, 0.1) is 0 Å². The first kappa shape index (κ1) is 18.8. The summed E-state index contributed by atoms with van der Waals surface area (Å²) in [6.07, 6.45) is 2.97. The Morgan fingerprint density at radius 1 is 1.14 bits per heavy atom. The van der Waals surface area contributed by atoms with E-state index >= 15 is 0 Å². The summed E-state index contributed by atoms with van der Waals surface area (Å²) in [5.74, 6) is 0.929. The van der Waals surface area contributed by atoms with Gasteiger partial charge >= 0.3 is 0 Å². The SMILES string of the molecule is CCc1cc(=O)[nH]c(-c2cccc(NC(=O)c3ccc(N4CCCC4)nn3)c2)n1. The molecule has 0 aliphatic carbocycles. The number of nitrogens with one attached hydrogen (secondary N) is 2. The molecule has 0 saturated carbocycles. The van der Waals surface area contributed by atoms with Gasteiger partial charge in [0.1, 0.15) is 5.82 Å². The molecule has 3 aromatic rings. The van der Waals surface area contributed by atoms with Gasteiger partial charge in [-0.3, -0.25) is 9.59 Å². The first-order valence-corrected chi connectivity index (χ1v) is 9.73. The van der Waals surface area contributed by atoms with Crippen molar-refractivity contribution in [2.75, 3.05) is 23.3 Å². The van der Waals surface area contributed by atoms with Crippen LogP contribution in [0.1, 0.15) is 35.9 Å². The van der Waals surface area contributed by atoms with Crippen LogP contribution in [0.5, 0.6) is 0 Å². The summed E-state index contributed by atoms with van der Waals surface area (Å²) in [6.45, 7) is 3.89. The number of carbonyl (C=O) groups is 1. The minimum absolute atomic E-state index is 0.199. The molecule has 1 amide bonds. The highest BCUT2D eigenvalue weighted by molar-refractivity contribution is 6.03. The second-order valence-electron chi connectivity index (χ2n) is 6.94. The van der Waals surface area contributed by atoms with E-state index in [9.17, 15) is 9.59 Å². The van der Waals surface area contributed by atoms with Crippen molar-refractivity contribution in [2.24, 2.45) is 0 Å². The van der Waals surface area contributed by atoms with Crippen molar-refractivity contribution >= 4 is 17.4 Å². The lowest BCUT2D eigenvalue weighted by Gasteiger charge is -2.15. The molecule has 1 aliphatic heterocycles. The molecule has 1 aliphatic rings. The number of carbonyl (C=O) groups excluding carboxylic acids is 1. The van der Waals surface area contributed by atoms with Crippen molar-refractivity contribution in [1.82, 2.24) is 20.2 Å². The molecule has 0 bridgehead atoms. The van der Waals surface area contributed by atoms with Crippen LogP contribution in [0.4, 0.5) is 11.5 Å². The molecule has 0 radical (unpaired) electrons. The smallest absolute Gasteiger partial charge is 0.276 e. The molecule has 3 heterocycles. The van der Waals surface area contributed by atoms with E-state index < -0.39 is 0 Å². The van der Waals surface area contributed by atoms with Crippen LogP contribution in [0.25, 0.3) is 11.4 Å². The van der Waals surface area contributed by atoms with Crippen molar-refractivity contribution in [3.8, 4) is 11.4 Å². The standard InChI is InChI=1S/C21H22N6O2/c1-2-15-13-19(28)24-20(22-15)14-6-5-7-16(12-14)23-21(29)17-8-9-18(26-25-17)27-10-3-4-11-27/h5-9,12-13H,2-4,10-11H2,1H3,(H,23,29)(H,22,24,28). The van der Waals surface area contributed by atoms with Crippen molar-refractivity contribution in [3.63, 3.8) is 0 Å². The topological polar surface area (TPSA) is 104 Å². The van der Waals surface area contributed by atoms with E-state index in [4.69, 9.17) is 0 Å². The Morgan fingerprint density at radius 2 is 1.97 bits per heavy atom. The second kappa shape index (κ2) is 8.22. The Balaban J connectivity index is 1.51. The molecule has 2 N–H and O–H groups in total. The van der Waals surface area contributed by atoms with Crippen molar-refractivity contribution in [1.29, 1.82) is 0 Å². The van der Waals surface area contributed by atoms with Gasteiger partial charge in [-0.2, -0.15) is 0 Å². The Labute approximate surface area is 168 Å². The number of benzene rings is 1. The summed E-state index contributed by atoms with van der Waals surface area (Å²) < 4.78 is 0. The molecule has 0 atom stereocenters. The zero-order chi connectivity index (χ0) is 20.2. The Morgan fingerprint density at radius 3 is 2.69 bits per heavy atom. The third-order valence-electron chi connectivity index (χ3n) is 4.86. The van der Waals surface area contributed by atoms with Crippen LogP contribution in [-0.4, -0.2) is 39.2 Å². The first-order chi connectivity index (χ1) is 14.1. The van der Waals surface area contributed by atoms with Gasteiger partial charge in [-0.25, -0.2) is 4.98 Å². The van der Waals surface area contributed by atoms with Gasteiger partial charge in [-0.15, -0.1) is 10.2 Å². The van der Waals surface area contributed by atoms with Gasteiger partial charge in [-0.1, -0.05) is 19.1 Å². The maximum absolute atomic E-state index is 12.5. The van der Waals surface area contributed by atoms with Gasteiger partial charge in [0, 0.05) is 36.1 Å².